The molecule has 100 valence electrons. The average molecular weight is 248 g/mol. The molecule has 3 heteroatoms. The normalized spacial score (nSPS) is 38.2. The Hall–Kier alpha value is -1.01. The van der Waals surface area contributed by atoms with Crippen molar-refractivity contribution >= 4 is 5.91 Å². The zero-order chi connectivity index (χ0) is 13.6. The van der Waals surface area contributed by atoms with E-state index in [-0.39, 0.29) is 22.8 Å². The number of amides is 1. The van der Waals surface area contributed by atoms with Crippen LogP contribution >= 0.6 is 0 Å². The van der Waals surface area contributed by atoms with Gasteiger partial charge in [-0.05, 0) is 36.0 Å². The molecule has 3 N–H and O–H groups in total. The summed E-state index contributed by atoms with van der Waals surface area (Å²) in [5, 5.41) is 3.17. The van der Waals surface area contributed by atoms with Gasteiger partial charge in [0.05, 0.1) is 6.04 Å². The quantitative estimate of drug-likeness (QED) is 0.746. The molecule has 0 saturated heterocycles. The Morgan fingerprint density at radius 3 is 2.72 bits per heavy atom. The third-order valence-corrected chi connectivity index (χ3v) is 5.23. The molecule has 0 aliphatic heterocycles. The van der Waals surface area contributed by atoms with E-state index in [9.17, 15) is 4.79 Å². The molecule has 0 aromatic heterocycles. The summed E-state index contributed by atoms with van der Waals surface area (Å²) in [5.41, 5.74) is 6.18. The Morgan fingerprint density at radius 2 is 2.22 bits per heavy atom. The van der Waals surface area contributed by atoms with Crippen LogP contribution in [0.2, 0.25) is 0 Å². The van der Waals surface area contributed by atoms with Gasteiger partial charge >= 0.3 is 0 Å². The molecule has 2 aliphatic carbocycles. The fraction of sp³-hybridized carbons (Fsp3) is 0.800. The van der Waals surface area contributed by atoms with Crippen molar-refractivity contribution in [3.8, 4) is 12.3 Å². The van der Waals surface area contributed by atoms with E-state index in [2.05, 4.69) is 32.0 Å². The third-order valence-electron chi connectivity index (χ3n) is 5.23. The molecule has 0 radical (unpaired) electrons. The molecule has 2 saturated carbocycles. The van der Waals surface area contributed by atoms with Crippen molar-refractivity contribution in [1.29, 1.82) is 0 Å². The van der Waals surface area contributed by atoms with E-state index < -0.39 is 6.04 Å². The SMILES string of the molecule is C#CCC(N)C(=O)NC1C2(C)CCC(C2)C1(C)C. The number of rotatable bonds is 3. The van der Waals surface area contributed by atoms with Crippen LogP contribution in [-0.2, 0) is 4.79 Å². The number of carbonyl (C=O) groups excluding carboxylic acids is 1. The summed E-state index contributed by atoms with van der Waals surface area (Å²) in [5.74, 6) is 3.07. The smallest absolute Gasteiger partial charge is 0.238 e. The summed E-state index contributed by atoms with van der Waals surface area (Å²) in [4.78, 5) is 12.1. The fourth-order valence-electron chi connectivity index (χ4n) is 4.13. The van der Waals surface area contributed by atoms with Gasteiger partial charge in [-0.15, -0.1) is 12.3 Å². The standard InChI is InChI=1S/C15H24N2O/c1-5-6-11(16)12(18)17-13-14(2,3)10-7-8-15(13,4)9-10/h1,10-11,13H,6-9,16H2,2-4H3,(H,17,18). The zero-order valence-corrected chi connectivity index (χ0v) is 11.6. The van der Waals surface area contributed by atoms with Gasteiger partial charge in [0.25, 0.3) is 0 Å². The molecule has 4 unspecified atom stereocenters. The van der Waals surface area contributed by atoms with Gasteiger partial charge < -0.3 is 11.1 Å². The lowest BCUT2D eigenvalue weighted by Gasteiger charge is -2.43. The van der Waals surface area contributed by atoms with Crippen molar-refractivity contribution in [1.82, 2.24) is 5.32 Å². The zero-order valence-electron chi connectivity index (χ0n) is 11.6. The average Bonchev–Trinajstić information content (AvgIpc) is 2.75. The first kappa shape index (κ1) is 13.4. The summed E-state index contributed by atoms with van der Waals surface area (Å²) in [6.45, 7) is 6.82. The maximum Gasteiger partial charge on any atom is 0.238 e. The lowest BCUT2D eigenvalue weighted by atomic mass is 9.68. The highest BCUT2D eigenvalue weighted by Crippen LogP contribution is 2.62. The molecular weight excluding hydrogens is 224 g/mol. The Labute approximate surface area is 110 Å². The molecule has 0 aromatic carbocycles. The van der Waals surface area contributed by atoms with E-state index in [1.807, 2.05) is 0 Å². The molecule has 2 aliphatic rings. The lowest BCUT2D eigenvalue weighted by molar-refractivity contribution is -0.125. The summed E-state index contributed by atoms with van der Waals surface area (Å²) < 4.78 is 0. The van der Waals surface area contributed by atoms with Gasteiger partial charge in [0.2, 0.25) is 5.91 Å². The summed E-state index contributed by atoms with van der Waals surface area (Å²) in [7, 11) is 0. The molecule has 0 heterocycles. The van der Waals surface area contributed by atoms with Gasteiger partial charge in [-0.25, -0.2) is 0 Å². The largest absolute Gasteiger partial charge is 0.351 e. The minimum Gasteiger partial charge on any atom is -0.351 e. The second-order valence-corrected chi connectivity index (χ2v) is 6.87. The van der Waals surface area contributed by atoms with Crippen molar-refractivity contribution in [3.05, 3.63) is 0 Å². The fourth-order valence-corrected chi connectivity index (χ4v) is 4.13. The summed E-state index contributed by atoms with van der Waals surface area (Å²) >= 11 is 0. The van der Waals surface area contributed by atoms with Crippen molar-refractivity contribution in [2.24, 2.45) is 22.5 Å². The van der Waals surface area contributed by atoms with Crippen LogP contribution < -0.4 is 11.1 Å². The Kier molecular flexibility index (Phi) is 3.19. The lowest BCUT2D eigenvalue weighted by Crippen LogP contribution is -2.55. The minimum atomic E-state index is -0.575. The first-order chi connectivity index (χ1) is 8.31. The number of hydrogen-bond acceptors (Lipinski definition) is 2. The van der Waals surface area contributed by atoms with Crippen LogP contribution in [0, 0.1) is 29.1 Å². The molecule has 2 bridgehead atoms. The molecule has 1 amide bonds. The maximum atomic E-state index is 12.1. The number of fused-ring (bicyclic) bond motifs is 2. The molecule has 3 nitrogen and oxygen atoms in total. The minimum absolute atomic E-state index is 0.0974. The second kappa shape index (κ2) is 4.28. The predicted octanol–water partition coefficient (Wildman–Crippen LogP) is 1.67. The van der Waals surface area contributed by atoms with E-state index in [1.165, 1.54) is 19.3 Å². The van der Waals surface area contributed by atoms with Crippen LogP contribution in [0.25, 0.3) is 0 Å². The Morgan fingerprint density at radius 1 is 1.56 bits per heavy atom. The van der Waals surface area contributed by atoms with Gasteiger partial charge in [0.1, 0.15) is 0 Å². The van der Waals surface area contributed by atoms with E-state index in [0.29, 0.717) is 6.42 Å². The van der Waals surface area contributed by atoms with E-state index in [0.717, 1.165) is 5.92 Å². The van der Waals surface area contributed by atoms with E-state index in [4.69, 9.17) is 12.2 Å². The van der Waals surface area contributed by atoms with Crippen LogP contribution in [0.1, 0.15) is 46.5 Å². The highest BCUT2D eigenvalue weighted by molar-refractivity contribution is 5.82. The number of carbonyl (C=O) groups is 1. The number of nitrogens with two attached hydrogens (primary N) is 1. The molecule has 0 spiro atoms. The highest BCUT2D eigenvalue weighted by Gasteiger charge is 2.59. The van der Waals surface area contributed by atoms with Crippen LogP contribution in [0.4, 0.5) is 0 Å². The van der Waals surface area contributed by atoms with Crippen molar-refractivity contribution < 1.29 is 4.79 Å². The summed E-state index contributed by atoms with van der Waals surface area (Å²) in [6, 6.07) is -0.353. The van der Waals surface area contributed by atoms with Crippen molar-refractivity contribution in [2.45, 2.75) is 58.5 Å². The van der Waals surface area contributed by atoms with Crippen molar-refractivity contribution in [2.75, 3.05) is 0 Å². The number of hydrogen-bond donors (Lipinski definition) is 2. The molecule has 2 fully saturated rings. The van der Waals surface area contributed by atoms with Crippen LogP contribution in [0.5, 0.6) is 0 Å². The highest BCUT2D eigenvalue weighted by atomic mass is 16.2. The number of nitrogens with one attached hydrogen (secondary N) is 1. The van der Waals surface area contributed by atoms with E-state index in [1.54, 1.807) is 0 Å². The first-order valence-electron chi connectivity index (χ1n) is 6.80. The van der Waals surface area contributed by atoms with Crippen LogP contribution in [0.3, 0.4) is 0 Å². The molecular formula is C15H24N2O. The monoisotopic (exact) mass is 248 g/mol. The summed E-state index contributed by atoms with van der Waals surface area (Å²) in [6.07, 6.45) is 9.22. The Balaban J connectivity index is 2.10. The maximum absolute atomic E-state index is 12.1. The van der Waals surface area contributed by atoms with Crippen molar-refractivity contribution in [3.63, 3.8) is 0 Å². The van der Waals surface area contributed by atoms with Gasteiger partial charge in [-0.1, -0.05) is 20.8 Å². The molecule has 18 heavy (non-hydrogen) atoms. The topological polar surface area (TPSA) is 55.1 Å². The van der Waals surface area contributed by atoms with Crippen LogP contribution in [-0.4, -0.2) is 18.0 Å². The van der Waals surface area contributed by atoms with Gasteiger partial charge in [-0.2, -0.15) is 0 Å². The molecule has 0 aromatic rings. The van der Waals surface area contributed by atoms with E-state index >= 15 is 0 Å². The first-order valence-corrected chi connectivity index (χ1v) is 6.80. The Bertz CT molecular complexity index is 391. The molecule has 4 atom stereocenters. The van der Waals surface area contributed by atoms with Crippen LogP contribution in [0.15, 0.2) is 0 Å². The van der Waals surface area contributed by atoms with Gasteiger partial charge in [-0.3, -0.25) is 4.79 Å². The van der Waals surface area contributed by atoms with Gasteiger partial charge in [0.15, 0.2) is 0 Å². The second-order valence-electron chi connectivity index (χ2n) is 6.87. The third kappa shape index (κ3) is 1.93. The van der Waals surface area contributed by atoms with Gasteiger partial charge in [0, 0.05) is 12.5 Å². The molecule has 2 rings (SSSR count). The number of terminal acetylenes is 1. The predicted molar refractivity (Wildman–Crippen MR) is 72.6 cm³/mol.